The Labute approximate surface area is 122 Å². The number of hydrogen-bond donors (Lipinski definition) is 1. The minimum atomic E-state index is -0.399. The Bertz CT molecular complexity index is 491. The molecule has 3 aliphatic rings. The van der Waals surface area contributed by atoms with E-state index in [-0.39, 0.29) is 0 Å². The van der Waals surface area contributed by atoms with Crippen LogP contribution >= 0.6 is 0 Å². The molecule has 3 fully saturated rings. The smallest absolute Gasteiger partial charge is 0.0721 e. The molecular formula is C19H26O. The van der Waals surface area contributed by atoms with Gasteiger partial charge in [0.1, 0.15) is 0 Å². The van der Waals surface area contributed by atoms with Crippen molar-refractivity contribution >= 4 is 0 Å². The van der Waals surface area contributed by atoms with Gasteiger partial charge in [-0.1, -0.05) is 37.6 Å². The fourth-order valence-corrected chi connectivity index (χ4v) is 5.69. The Hall–Kier alpha value is -0.820. The van der Waals surface area contributed by atoms with Crippen LogP contribution in [0.5, 0.6) is 0 Å². The summed E-state index contributed by atoms with van der Waals surface area (Å²) in [4.78, 5) is 0. The van der Waals surface area contributed by atoms with Gasteiger partial charge in [0.2, 0.25) is 0 Å². The number of hydrogen-bond acceptors (Lipinski definition) is 1. The number of aliphatic hydroxyl groups is 1. The first-order valence-corrected chi connectivity index (χ1v) is 8.50. The van der Waals surface area contributed by atoms with E-state index in [2.05, 4.69) is 31.2 Å². The van der Waals surface area contributed by atoms with E-state index in [1.165, 1.54) is 36.8 Å². The molecule has 0 radical (unpaired) electrons. The average molecular weight is 270 g/mol. The molecule has 1 nitrogen and oxygen atoms in total. The Morgan fingerprint density at radius 2 is 1.80 bits per heavy atom. The van der Waals surface area contributed by atoms with Crippen LogP contribution in [0.3, 0.4) is 0 Å². The highest BCUT2D eigenvalue weighted by molar-refractivity contribution is 5.25. The molecule has 3 saturated carbocycles. The molecule has 0 heterocycles. The monoisotopic (exact) mass is 270 g/mol. The zero-order chi connectivity index (χ0) is 13.7. The molecule has 5 atom stereocenters. The average Bonchev–Trinajstić information content (AvgIpc) is 3.10. The van der Waals surface area contributed by atoms with Crippen LogP contribution in [0.1, 0.15) is 50.2 Å². The maximum atomic E-state index is 11.2. The van der Waals surface area contributed by atoms with Gasteiger partial charge >= 0.3 is 0 Å². The van der Waals surface area contributed by atoms with Gasteiger partial charge in [-0.3, -0.25) is 0 Å². The summed E-state index contributed by atoms with van der Waals surface area (Å²) < 4.78 is 0. The standard InChI is InChI=1S/C19H26O/c1-2-13-6-8-14(9-7-13)11-19(20)12-15-10-18(19)17-5-3-4-16(15)17/h6-9,15-18,20H,2-5,10-12H2,1H3. The van der Waals surface area contributed by atoms with E-state index in [0.29, 0.717) is 5.92 Å². The van der Waals surface area contributed by atoms with E-state index in [9.17, 15) is 5.11 Å². The maximum absolute atomic E-state index is 11.2. The molecule has 20 heavy (non-hydrogen) atoms. The number of benzene rings is 1. The van der Waals surface area contributed by atoms with E-state index in [1.54, 1.807) is 0 Å². The van der Waals surface area contributed by atoms with Crippen LogP contribution in [0, 0.1) is 23.7 Å². The lowest BCUT2D eigenvalue weighted by atomic mass is 9.70. The quantitative estimate of drug-likeness (QED) is 0.881. The third-order valence-corrected chi connectivity index (χ3v) is 6.55. The summed E-state index contributed by atoms with van der Waals surface area (Å²) >= 11 is 0. The second-order valence-electron chi connectivity index (χ2n) is 7.52. The number of aryl methyl sites for hydroxylation is 1. The first-order chi connectivity index (χ1) is 9.69. The van der Waals surface area contributed by atoms with Gasteiger partial charge in [-0.25, -0.2) is 0 Å². The molecule has 5 unspecified atom stereocenters. The lowest BCUT2D eigenvalue weighted by molar-refractivity contribution is -0.0450. The lowest BCUT2D eigenvalue weighted by Gasteiger charge is -2.39. The largest absolute Gasteiger partial charge is 0.389 e. The van der Waals surface area contributed by atoms with E-state index in [0.717, 1.165) is 37.0 Å². The zero-order valence-corrected chi connectivity index (χ0v) is 12.5. The summed E-state index contributed by atoms with van der Waals surface area (Å²) in [6.45, 7) is 2.19. The third-order valence-electron chi connectivity index (χ3n) is 6.55. The molecule has 3 aliphatic carbocycles. The highest BCUT2D eigenvalue weighted by Crippen LogP contribution is 2.62. The third kappa shape index (κ3) is 1.86. The predicted octanol–water partition coefficient (Wildman–Crippen LogP) is 3.98. The first kappa shape index (κ1) is 12.9. The van der Waals surface area contributed by atoms with Gasteiger partial charge in [-0.15, -0.1) is 0 Å². The Morgan fingerprint density at radius 1 is 1.10 bits per heavy atom. The van der Waals surface area contributed by atoms with Crippen molar-refractivity contribution in [3.63, 3.8) is 0 Å². The molecule has 1 N–H and O–H groups in total. The van der Waals surface area contributed by atoms with Gasteiger partial charge < -0.3 is 5.11 Å². The first-order valence-electron chi connectivity index (χ1n) is 8.50. The molecule has 1 heteroatoms. The van der Waals surface area contributed by atoms with Gasteiger partial charge in [0, 0.05) is 6.42 Å². The molecule has 0 saturated heterocycles. The Morgan fingerprint density at radius 3 is 2.55 bits per heavy atom. The van der Waals surface area contributed by atoms with Crippen LogP contribution < -0.4 is 0 Å². The highest BCUT2D eigenvalue weighted by atomic mass is 16.3. The van der Waals surface area contributed by atoms with Crippen molar-refractivity contribution < 1.29 is 5.11 Å². The van der Waals surface area contributed by atoms with Crippen molar-refractivity contribution in [3.8, 4) is 0 Å². The van der Waals surface area contributed by atoms with E-state index in [4.69, 9.17) is 0 Å². The fourth-order valence-electron chi connectivity index (χ4n) is 5.69. The van der Waals surface area contributed by atoms with Crippen molar-refractivity contribution in [3.05, 3.63) is 35.4 Å². The molecular weight excluding hydrogens is 244 g/mol. The van der Waals surface area contributed by atoms with Gasteiger partial charge in [0.05, 0.1) is 5.60 Å². The van der Waals surface area contributed by atoms with Crippen LogP contribution in [0.25, 0.3) is 0 Å². The predicted molar refractivity (Wildman–Crippen MR) is 81.5 cm³/mol. The minimum Gasteiger partial charge on any atom is -0.389 e. The molecule has 1 aromatic carbocycles. The van der Waals surface area contributed by atoms with Gasteiger partial charge in [0.25, 0.3) is 0 Å². The molecule has 2 bridgehead atoms. The van der Waals surface area contributed by atoms with Crippen molar-refractivity contribution in [1.29, 1.82) is 0 Å². The maximum Gasteiger partial charge on any atom is 0.0721 e. The van der Waals surface area contributed by atoms with Crippen LogP contribution in [-0.4, -0.2) is 10.7 Å². The van der Waals surface area contributed by atoms with Crippen LogP contribution in [-0.2, 0) is 12.8 Å². The molecule has 0 aliphatic heterocycles. The molecule has 0 aromatic heterocycles. The van der Waals surface area contributed by atoms with Gasteiger partial charge in [-0.2, -0.15) is 0 Å². The van der Waals surface area contributed by atoms with Gasteiger partial charge in [-0.05, 0) is 66.9 Å². The Balaban J connectivity index is 1.53. The minimum absolute atomic E-state index is 0.399. The van der Waals surface area contributed by atoms with Crippen LogP contribution in [0.15, 0.2) is 24.3 Å². The summed E-state index contributed by atoms with van der Waals surface area (Å²) in [6.07, 6.45) is 8.56. The van der Waals surface area contributed by atoms with Crippen molar-refractivity contribution in [1.82, 2.24) is 0 Å². The normalized spacial score (nSPS) is 42.1. The lowest BCUT2D eigenvalue weighted by Crippen LogP contribution is -2.43. The summed E-state index contributed by atoms with van der Waals surface area (Å²) in [6, 6.07) is 8.92. The summed E-state index contributed by atoms with van der Waals surface area (Å²) in [5.74, 6) is 3.22. The topological polar surface area (TPSA) is 20.2 Å². The number of fused-ring (bicyclic) bond motifs is 5. The van der Waals surface area contributed by atoms with E-state index < -0.39 is 5.60 Å². The van der Waals surface area contributed by atoms with E-state index >= 15 is 0 Å². The Kier molecular flexibility index (Phi) is 2.96. The molecule has 4 rings (SSSR count). The second-order valence-corrected chi connectivity index (χ2v) is 7.52. The molecule has 0 spiro atoms. The fraction of sp³-hybridized carbons (Fsp3) is 0.684. The second kappa shape index (κ2) is 4.59. The SMILES string of the molecule is CCc1ccc(CC2(O)CC3CC2C2CCCC32)cc1. The molecule has 1 aromatic rings. The highest BCUT2D eigenvalue weighted by Gasteiger charge is 2.59. The molecule has 108 valence electrons. The van der Waals surface area contributed by atoms with Crippen LogP contribution in [0.2, 0.25) is 0 Å². The van der Waals surface area contributed by atoms with E-state index in [1.807, 2.05) is 0 Å². The summed E-state index contributed by atoms with van der Waals surface area (Å²) in [5.41, 5.74) is 2.32. The van der Waals surface area contributed by atoms with Crippen LogP contribution in [0.4, 0.5) is 0 Å². The van der Waals surface area contributed by atoms with Crippen molar-refractivity contribution in [2.24, 2.45) is 23.7 Å². The van der Waals surface area contributed by atoms with Crippen molar-refractivity contribution in [2.75, 3.05) is 0 Å². The number of rotatable bonds is 3. The van der Waals surface area contributed by atoms with Crippen molar-refractivity contribution in [2.45, 2.75) is 57.5 Å². The van der Waals surface area contributed by atoms with Gasteiger partial charge in [0.15, 0.2) is 0 Å². The molecule has 0 amide bonds. The summed E-state index contributed by atoms with van der Waals surface area (Å²) in [7, 11) is 0. The summed E-state index contributed by atoms with van der Waals surface area (Å²) in [5, 5.41) is 11.2. The zero-order valence-electron chi connectivity index (χ0n) is 12.5.